The Labute approximate surface area is 160 Å². The van der Waals surface area contributed by atoms with E-state index in [0.29, 0.717) is 11.4 Å². The van der Waals surface area contributed by atoms with Gasteiger partial charge in [0.25, 0.3) is 0 Å². The molecule has 0 unspecified atom stereocenters. The van der Waals surface area contributed by atoms with E-state index in [1.165, 1.54) is 23.1 Å². The molecule has 0 saturated carbocycles. The van der Waals surface area contributed by atoms with Gasteiger partial charge in [0.1, 0.15) is 5.82 Å². The van der Waals surface area contributed by atoms with Crippen LogP contribution in [0.1, 0.15) is 12.5 Å². The summed E-state index contributed by atoms with van der Waals surface area (Å²) in [6.45, 7) is 9.22. The smallest absolute Gasteiger partial charge is 0.342 e. The summed E-state index contributed by atoms with van der Waals surface area (Å²) in [7, 11) is 0. The summed E-state index contributed by atoms with van der Waals surface area (Å²) in [4.78, 5) is 1.20. The predicted octanol–water partition coefficient (Wildman–Crippen LogP) is 6.87. The van der Waals surface area contributed by atoms with Crippen molar-refractivity contribution >= 4 is 17.5 Å². The van der Waals surface area contributed by atoms with Gasteiger partial charge in [0.2, 0.25) is 0 Å². The minimum atomic E-state index is -3.89. The van der Waals surface area contributed by atoms with Crippen molar-refractivity contribution in [3.05, 3.63) is 96.7 Å². The number of hydrogen-bond donors (Lipinski definition) is 0. The van der Waals surface area contributed by atoms with Crippen LogP contribution < -0.4 is 0 Å². The normalized spacial score (nSPS) is 12.0. The third kappa shape index (κ3) is 5.50. The lowest BCUT2D eigenvalue weighted by Gasteiger charge is -2.26. The van der Waals surface area contributed by atoms with E-state index in [4.69, 9.17) is 0 Å². The van der Waals surface area contributed by atoms with Gasteiger partial charge >= 0.3 is 5.25 Å². The average molecular weight is 393 g/mol. The fourth-order valence-corrected chi connectivity index (χ4v) is 3.06. The van der Waals surface area contributed by atoms with Crippen molar-refractivity contribution in [3.63, 3.8) is 0 Å². The van der Waals surface area contributed by atoms with Crippen LogP contribution in [-0.4, -0.2) is 16.7 Å². The third-order valence-electron chi connectivity index (χ3n) is 3.70. The summed E-state index contributed by atoms with van der Waals surface area (Å²) in [5.74, 6) is -2.47. The van der Waals surface area contributed by atoms with Gasteiger partial charge < -0.3 is 4.90 Å². The lowest BCUT2D eigenvalue weighted by atomic mass is 10.1. The van der Waals surface area contributed by atoms with Crippen LogP contribution in [0.25, 0.3) is 5.70 Å². The van der Waals surface area contributed by atoms with Crippen molar-refractivity contribution in [2.45, 2.75) is 17.1 Å². The van der Waals surface area contributed by atoms with E-state index in [0.717, 1.165) is 17.7 Å². The molecule has 0 aliphatic carbocycles. The summed E-state index contributed by atoms with van der Waals surface area (Å²) in [5.41, 5.74) is 1.80. The maximum atomic E-state index is 14.2. The number of alkyl halides is 2. The van der Waals surface area contributed by atoms with Crippen molar-refractivity contribution < 1.29 is 17.6 Å². The van der Waals surface area contributed by atoms with Crippen LogP contribution in [0.15, 0.2) is 90.3 Å². The molecule has 0 aromatic heterocycles. The first kappa shape index (κ1) is 20.8. The van der Waals surface area contributed by atoms with Crippen molar-refractivity contribution in [1.82, 2.24) is 4.90 Å². The first-order chi connectivity index (χ1) is 12.7. The second kappa shape index (κ2) is 8.95. The highest BCUT2D eigenvalue weighted by Gasteiger charge is 2.37. The fraction of sp³-hybridized carbons (Fsp3) is 0.143. The Morgan fingerprint density at radius 2 is 1.67 bits per heavy atom. The SMILES string of the molecule is C=C(C)N(C/C=C(\F)C(F)(F)Sc1ccccc1F)C(=C)c1ccccc1. The molecule has 2 aromatic carbocycles. The molecule has 27 heavy (non-hydrogen) atoms. The van der Waals surface area contributed by atoms with Crippen LogP contribution >= 0.6 is 11.8 Å². The van der Waals surface area contributed by atoms with Gasteiger partial charge in [-0.2, -0.15) is 8.78 Å². The van der Waals surface area contributed by atoms with Crippen molar-refractivity contribution in [1.29, 1.82) is 0 Å². The summed E-state index contributed by atoms with van der Waals surface area (Å²) < 4.78 is 56.0. The van der Waals surface area contributed by atoms with Crippen molar-refractivity contribution in [2.75, 3.05) is 6.54 Å². The number of benzene rings is 2. The number of allylic oxidation sites excluding steroid dienone is 1. The highest BCUT2D eigenvalue weighted by atomic mass is 32.2. The molecule has 142 valence electrons. The van der Waals surface area contributed by atoms with Gasteiger partial charge in [-0.1, -0.05) is 55.6 Å². The lowest BCUT2D eigenvalue weighted by Crippen LogP contribution is -2.21. The Balaban J connectivity index is 2.16. The number of hydrogen-bond acceptors (Lipinski definition) is 2. The van der Waals surface area contributed by atoms with E-state index < -0.39 is 16.9 Å². The molecule has 0 radical (unpaired) electrons. The Kier molecular flexibility index (Phi) is 6.91. The van der Waals surface area contributed by atoms with Crippen LogP contribution in [0, 0.1) is 5.82 Å². The van der Waals surface area contributed by atoms with E-state index in [2.05, 4.69) is 13.2 Å². The fourth-order valence-electron chi connectivity index (χ4n) is 2.29. The van der Waals surface area contributed by atoms with E-state index in [1.54, 1.807) is 19.1 Å². The zero-order valence-electron chi connectivity index (χ0n) is 14.8. The molecule has 0 fully saturated rings. The maximum Gasteiger partial charge on any atom is 0.349 e. The van der Waals surface area contributed by atoms with Crippen LogP contribution in [-0.2, 0) is 0 Å². The molecule has 6 heteroatoms. The molecule has 0 heterocycles. The number of halogens is 4. The molecule has 1 nitrogen and oxygen atoms in total. The van der Waals surface area contributed by atoms with E-state index >= 15 is 0 Å². The molecule has 2 rings (SSSR count). The lowest BCUT2D eigenvalue weighted by molar-refractivity contribution is 0.118. The zero-order valence-corrected chi connectivity index (χ0v) is 15.6. The molecule has 0 N–H and O–H groups in total. The third-order valence-corrected chi connectivity index (χ3v) is 4.70. The monoisotopic (exact) mass is 393 g/mol. The Morgan fingerprint density at radius 3 is 2.26 bits per heavy atom. The van der Waals surface area contributed by atoms with Crippen molar-refractivity contribution in [2.24, 2.45) is 0 Å². The molecule has 0 atom stereocenters. The van der Waals surface area contributed by atoms with Crippen LogP contribution in [0.4, 0.5) is 17.6 Å². The largest absolute Gasteiger partial charge is 0.349 e. The minimum Gasteiger partial charge on any atom is -0.342 e. The molecule has 0 saturated heterocycles. The predicted molar refractivity (Wildman–Crippen MR) is 103 cm³/mol. The number of rotatable bonds is 8. The molecule has 0 spiro atoms. The van der Waals surface area contributed by atoms with Gasteiger partial charge in [-0.15, -0.1) is 0 Å². The van der Waals surface area contributed by atoms with Gasteiger partial charge in [-0.05, 0) is 42.5 Å². The molecule has 0 aliphatic rings. The first-order valence-electron chi connectivity index (χ1n) is 8.07. The van der Waals surface area contributed by atoms with Crippen molar-refractivity contribution in [3.8, 4) is 0 Å². The van der Waals surface area contributed by atoms with E-state index in [-0.39, 0.29) is 23.2 Å². The minimum absolute atomic E-state index is 0.170. The number of nitrogens with zero attached hydrogens (tertiary/aromatic N) is 1. The molecule has 0 bridgehead atoms. The van der Waals surface area contributed by atoms with Crippen LogP contribution in [0.3, 0.4) is 0 Å². The van der Waals surface area contributed by atoms with Gasteiger partial charge in [0, 0.05) is 22.8 Å². The summed E-state index contributed by atoms with van der Waals surface area (Å²) in [6.07, 6.45) is 0.761. The quantitative estimate of drug-likeness (QED) is 0.356. The standard InChI is InChI=1S/C21H19F4NS/c1-15(2)26(16(3)17-9-5-4-6-10-17)14-13-20(23)21(24,25)27-19-12-8-7-11-18(19)22/h4-13H,1,3,14H2,2H3/b20-13-. The van der Waals surface area contributed by atoms with E-state index in [9.17, 15) is 17.6 Å². The summed E-state index contributed by atoms with van der Waals surface area (Å²) in [6, 6.07) is 14.1. The van der Waals surface area contributed by atoms with Crippen LogP contribution in [0.5, 0.6) is 0 Å². The molecule has 2 aromatic rings. The maximum absolute atomic E-state index is 14.2. The highest BCUT2D eigenvalue weighted by Crippen LogP contribution is 2.42. The highest BCUT2D eigenvalue weighted by molar-refractivity contribution is 8.00. The average Bonchev–Trinajstić information content (AvgIpc) is 2.63. The second-order valence-electron chi connectivity index (χ2n) is 5.76. The molecule has 0 amide bonds. The molecular weight excluding hydrogens is 374 g/mol. The van der Waals surface area contributed by atoms with Gasteiger partial charge in [-0.25, -0.2) is 8.78 Å². The summed E-state index contributed by atoms with van der Waals surface area (Å²) >= 11 is -0.170. The van der Waals surface area contributed by atoms with E-state index in [1.807, 2.05) is 18.2 Å². The Hall–Kier alpha value is -2.47. The topological polar surface area (TPSA) is 3.24 Å². The van der Waals surface area contributed by atoms with Gasteiger partial charge in [0.15, 0.2) is 5.83 Å². The molecule has 0 aliphatic heterocycles. The summed E-state index contributed by atoms with van der Waals surface area (Å²) in [5, 5.41) is -3.89. The van der Waals surface area contributed by atoms with Gasteiger partial charge in [0.05, 0.1) is 0 Å². The molecular formula is C21H19F4NS. The second-order valence-corrected chi connectivity index (χ2v) is 6.92. The zero-order chi connectivity index (χ0) is 20.0. The van der Waals surface area contributed by atoms with Crippen LogP contribution in [0.2, 0.25) is 0 Å². The Bertz CT molecular complexity index is 846. The Morgan fingerprint density at radius 1 is 1.07 bits per heavy atom. The number of thioether (sulfide) groups is 1. The van der Waals surface area contributed by atoms with Gasteiger partial charge in [-0.3, -0.25) is 0 Å². The first-order valence-corrected chi connectivity index (χ1v) is 8.89.